The maximum Gasteiger partial charge on any atom is 0.236 e. The predicted molar refractivity (Wildman–Crippen MR) is 55.6 cm³/mol. The van der Waals surface area contributed by atoms with Gasteiger partial charge in [-0.3, -0.25) is 4.79 Å². The molecule has 0 aliphatic heterocycles. The molecule has 4 heteroatoms. The molecule has 14 heavy (non-hydrogen) atoms. The number of nitrogens with zero attached hydrogens (tertiary/aromatic N) is 1. The van der Waals surface area contributed by atoms with Gasteiger partial charge in [0.2, 0.25) is 5.91 Å². The zero-order valence-corrected chi connectivity index (χ0v) is 8.03. The van der Waals surface area contributed by atoms with Gasteiger partial charge in [-0.1, -0.05) is 30.3 Å². The minimum absolute atomic E-state index is 0.221. The van der Waals surface area contributed by atoms with Gasteiger partial charge in [-0.2, -0.15) is 5.10 Å². The molecular formula is C10H13N3O. The molecule has 0 fully saturated rings. The van der Waals surface area contributed by atoms with Gasteiger partial charge in [0, 0.05) is 13.3 Å². The number of hydrogen-bond acceptors (Lipinski definition) is 2. The van der Waals surface area contributed by atoms with E-state index >= 15 is 0 Å². The monoisotopic (exact) mass is 191 g/mol. The van der Waals surface area contributed by atoms with Gasteiger partial charge in [-0.05, 0) is 5.56 Å². The summed E-state index contributed by atoms with van der Waals surface area (Å²) in [7, 11) is 0. The van der Waals surface area contributed by atoms with Crippen molar-refractivity contribution in [2.75, 3.05) is 0 Å². The van der Waals surface area contributed by atoms with Crippen LogP contribution in [0.1, 0.15) is 12.5 Å². The number of carbonyl (C=O) groups is 1. The Kier molecular flexibility index (Phi) is 3.67. The summed E-state index contributed by atoms with van der Waals surface area (Å²) in [5, 5.41) is 3.71. The summed E-state index contributed by atoms with van der Waals surface area (Å²) in [5.41, 5.74) is 8.95. The molecule has 1 amide bonds. The molecule has 4 nitrogen and oxygen atoms in total. The number of amides is 1. The zero-order valence-electron chi connectivity index (χ0n) is 8.03. The minimum Gasteiger partial charge on any atom is -0.385 e. The molecule has 0 aliphatic carbocycles. The number of nitrogens with one attached hydrogen (secondary N) is 1. The van der Waals surface area contributed by atoms with Gasteiger partial charge in [0.05, 0.1) is 0 Å². The predicted octanol–water partition coefficient (Wildman–Crippen LogP) is 0.637. The highest BCUT2D eigenvalue weighted by molar-refractivity contribution is 5.84. The average Bonchev–Trinajstić information content (AvgIpc) is 2.16. The molecule has 0 unspecified atom stereocenters. The summed E-state index contributed by atoms with van der Waals surface area (Å²) in [6, 6.07) is 9.71. The first-order valence-corrected chi connectivity index (χ1v) is 4.31. The molecule has 1 aromatic carbocycles. The van der Waals surface area contributed by atoms with E-state index in [0.29, 0.717) is 12.3 Å². The van der Waals surface area contributed by atoms with Crippen LogP contribution in [0, 0.1) is 0 Å². The van der Waals surface area contributed by atoms with Crippen molar-refractivity contribution >= 4 is 11.7 Å². The van der Waals surface area contributed by atoms with E-state index in [1.165, 1.54) is 6.92 Å². The fourth-order valence-corrected chi connectivity index (χ4v) is 0.995. The largest absolute Gasteiger partial charge is 0.385 e. The number of carbonyl (C=O) groups excluding carboxylic acids is 1. The number of rotatable bonds is 3. The van der Waals surface area contributed by atoms with Crippen molar-refractivity contribution in [2.24, 2.45) is 10.8 Å². The Labute approximate surface area is 82.8 Å². The summed E-state index contributed by atoms with van der Waals surface area (Å²) in [5.74, 6) is 0.174. The van der Waals surface area contributed by atoms with Crippen LogP contribution in [0.2, 0.25) is 0 Å². The number of nitrogens with two attached hydrogens (primary N) is 1. The molecule has 0 saturated carbocycles. The van der Waals surface area contributed by atoms with Gasteiger partial charge in [0.15, 0.2) is 0 Å². The zero-order chi connectivity index (χ0) is 10.4. The van der Waals surface area contributed by atoms with E-state index < -0.39 is 0 Å². The van der Waals surface area contributed by atoms with Crippen LogP contribution >= 0.6 is 0 Å². The smallest absolute Gasteiger partial charge is 0.236 e. The first kappa shape index (κ1) is 10.2. The Bertz CT molecular complexity index is 332. The van der Waals surface area contributed by atoms with Crippen LogP contribution in [-0.4, -0.2) is 11.7 Å². The van der Waals surface area contributed by atoms with Crippen molar-refractivity contribution in [1.82, 2.24) is 5.43 Å². The third-order valence-electron chi connectivity index (χ3n) is 1.59. The molecule has 74 valence electrons. The topological polar surface area (TPSA) is 67.5 Å². The van der Waals surface area contributed by atoms with Crippen LogP contribution in [0.15, 0.2) is 35.4 Å². The van der Waals surface area contributed by atoms with Gasteiger partial charge in [0.25, 0.3) is 0 Å². The van der Waals surface area contributed by atoms with Gasteiger partial charge < -0.3 is 5.73 Å². The molecule has 1 aromatic rings. The fourth-order valence-electron chi connectivity index (χ4n) is 0.995. The van der Waals surface area contributed by atoms with E-state index in [0.717, 1.165) is 5.56 Å². The molecule has 0 aliphatic rings. The normalized spacial score (nSPS) is 11.1. The summed E-state index contributed by atoms with van der Waals surface area (Å²) >= 11 is 0. The molecular weight excluding hydrogens is 178 g/mol. The maximum atomic E-state index is 10.5. The van der Waals surface area contributed by atoms with Crippen molar-refractivity contribution in [3.05, 3.63) is 35.9 Å². The fraction of sp³-hybridized carbons (Fsp3) is 0.200. The third-order valence-corrected chi connectivity index (χ3v) is 1.59. The Hall–Kier alpha value is -1.84. The summed E-state index contributed by atoms with van der Waals surface area (Å²) in [6.07, 6.45) is 0.543. The van der Waals surface area contributed by atoms with Crippen LogP contribution in [-0.2, 0) is 11.2 Å². The molecule has 0 aromatic heterocycles. The average molecular weight is 191 g/mol. The molecule has 0 saturated heterocycles. The second-order valence-corrected chi connectivity index (χ2v) is 2.93. The molecule has 0 heterocycles. The SMILES string of the molecule is CC(=O)N/N=C(\N)Cc1ccccc1. The standard InChI is InChI=1S/C10H13N3O/c1-8(14)12-13-10(11)7-9-5-3-2-4-6-9/h2-6H,7H2,1H3,(H2,11,13)(H,12,14). The number of amidine groups is 1. The van der Waals surface area contributed by atoms with Crippen LogP contribution in [0.3, 0.4) is 0 Å². The molecule has 3 N–H and O–H groups in total. The summed E-state index contributed by atoms with van der Waals surface area (Å²) < 4.78 is 0. The van der Waals surface area contributed by atoms with E-state index in [9.17, 15) is 4.79 Å². The van der Waals surface area contributed by atoms with Gasteiger partial charge in [-0.25, -0.2) is 5.43 Å². The van der Waals surface area contributed by atoms with Crippen molar-refractivity contribution in [2.45, 2.75) is 13.3 Å². The first-order chi connectivity index (χ1) is 6.68. The Morgan fingerprint density at radius 1 is 1.43 bits per heavy atom. The van der Waals surface area contributed by atoms with Crippen molar-refractivity contribution in [1.29, 1.82) is 0 Å². The van der Waals surface area contributed by atoms with Crippen molar-refractivity contribution in [3.63, 3.8) is 0 Å². The minimum atomic E-state index is -0.221. The van der Waals surface area contributed by atoms with Crippen molar-refractivity contribution in [3.8, 4) is 0 Å². The lowest BCUT2D eigenvalue weighted by molar-refractivity contribution is -0.118. The Morgan fingerprint density at radius 3 is 2.64 bits per heavy atom. The van der Waals surface area contributed by atoms with Gasteiger partial charge in [-0.15, -0.1) is 0 Å². The number of benzene rings is 1. The van der Waals surface area contributed by atoms with Crippen LogP contribution in [0.25, 0.3) is 0 Å². The lowest BCUT2D eigenvalue weighted by Gasteiger charge is -2.00. The van der Waals surface area contributed by atoms with E-state index in [1.54, 1.807) is 0 Å². The van der Waals surface area contributed by atoms with E-state index in [1.807, 2.05) is 30.3 Å². The van der Waals surface area contributed by atoms with E-state index in [-0.39, 0.29) is 5.91 Å². The molecule has 0 spiro atoms. The Balaban J connectivity index is 2.53. The van der Waals surface area contributed by atoms with Crippen LogP contribution in [0.4, 0.5) is 0 Å². The van der Waals surface area contributed by atoms with E-state index in [2.05, 4.69) is 10.5 Å². The highest BCUT2D eigenvalue weighted by atomic mass is 16.2. The first-order valence-electron chi connectivity index (χ1n) is 4.31. The summed E-state index contributed by atoms with van der Waals surface area (Å²) in [4.78, 5) is 10.5. The van der Waals surface area contributed by atoms with Gasteiger partial charge in [0.1, 0.15) is 5.84 Å². The number of hydrogen-bond donors (Lipinski definition) is 2. The van der Waals surface area contributed by atoms with Gasteiger partial charge >= 0.3 is 0 Å². The Morgan fingerprint density at radius 2 is 2.07 bits per heavy atom. The second-order valence-electron chi connectivity index (χ2n) is 2.93. The molecule has 0 atom stereocenters. The van der Waals surface area contributed by atoms with E-state index in [4.69, 9.17) is 5.73 Å². The quantitative estimate of drug-likeness (QED) is 0.418. The molecule has 1 rings (SSSR count). The van der Waals surface area contributed by atoms with Crippen LogP contribution in [0.5, 0.6) is 0 Å². The number of hydrazone groups is 1. The highest BCUT2D eigenvalue weighted by Gasteiger charge is 1.95. The van der Waals surface area contributed by atoms with Crippen molar-refractivity contribution < 1.29 is 4.79 Å². The molecule has 0 bridgehead atoms. The lowest BCUT2D eigenvalue weighted by Crippen LogP contribution is -2.22. The summed E-state index contributed by atoms with van der Waals surface area (Å²) in [6.45, 7) is 1.39. The third kappa shape index (κ3) is 3.71. The second kappa shape index (κ2) is 5.01. The lowest BCUT2D eigenvalue weighted by atomic mass is 10.1. The maximum absolute atomic E-state index is 10.5. The van der Waals surface area contributed by atoms with Crippen LogP contribution < -0.4 is 11.2 Å². The molecule has 0 radical (unpaired) electrons. The highest BCUT2D eigenvalue weighted by Crippen LogP contribution is 1.98.